The van der Waals surface area contributed by atoms with Crippen LogP contribution in [0, 0.1) is 17.8 Å². The maximum atomic E-state index is 13.8. The lowest BCUT2D eigenvalue weighted by molar-refractivity contribution is -0.142. The van der Waals surface area contributed by atoms with E-state index in [-0.39, 0.29) is 37.6 Å². The molecule has 0 spiro atoms. The number of carbonyl (C=O) groups is 11. The van der Waals surface area contributed by atoms with Gasteiger partial charge in [0, 0.05) is 6.42 Å². The molecule has 0 saturated heterocycles. The SMILES string of the molecule is CC(C)C[C@H](NC(=O)CNC(=O)[C@H](CC(N)=O)NC(=O)[C@H](CC(C)C)NC(=O)[C@H](CCC(N)=O)NC(=O)[C@@H](NC(=O)[C@H](CO)NC(=O)[C@H](CCCCN)NC(=O)[C@@H](N)CO)C(C)C)C(=O)O. The molecule has 0 unspecified atom stereocenters. The van der Waals surface area contributed by atoms with Gasteiger partial charge in [-0.2, -0.15) is 0 Å². The van der Waals surface area contributed by atoms with Gasteiger partial charge in [-0.1, -0.05) is 41.5 Å². The Morgan fingerprint density at radius 3 is 1.48 bits per heavy atom. The topological polar surface area (TPSA) is 449 Å². The molecule has 8 atom stereocenters. The maximum absolute atomic E-state index is 13.8. The Morgan fingerprint density at radius 1 is 0.515 bits per heavy atom. The molecule has 0 aromatic rings. The highest BCUT2D eigenvalue weighted by molar-refractivity contribution is 5.98. The van der Waals surface area contributed by atoms with Crippen LogP contribution in [0.3, 0.4) is 0 Å². The molecule has 0 aliphatic rings. The Bertz CT molecular complexity index is 1680. The molecule has 0 bridgehead atoms. The van der Waals surface area contributed by atoms with Gasteiger partial charge in [-0.3, -0.25) is 47.9 Å². The van der Waals surface area contributed by atoms with Crippen molar-refractivity contribution in [3.05, 3.63) is 0 Å². The van der Waals surface area contributed by atoms with Crippen LogP contribution >= 0.6 is 0 Å². The van der Waals surface area contributed by atoms with E-state index < -0.39 is 158 Å². The van der Waals surface area contributed by atoms with E-state index in [1.165, 1.54) is 13.8 Å². The van der Waals surface area contributed by atoms with Crippen LogP contribution in [0.5, 0.6) is 0 Å². The van der Waals surface area contributed by atoms with E-state index in [1.54, 1.807) is 27.7 Å². The zero-order valence-corrected chi connectivity index (χ0v) is 38.5. The number of aliphatic hydroxyl groups is 2. The van der Waals surface area contributed by atoms with Gasteiger partial charge in [-0.05, 0) is 62.8 Å². The molecule has 26 nitrogen and oxygen atoms in total. The van der Waals surface area contributed by atoms with Gasteiger partial charge in [0.15, 0.2) is 0 Å². The van der Waals surface area contributed by atoms with Gasteiger partial charge in [-0.25, -0.2) is 4.79 Å². The van der Waals surface area contributed by atoms with Crippen LogP contribution in [-0.4, -0.2) is 155 Å². The summed E-state index contributed by atoms with van der Waals surface area (Å²) in [6.07, 6.45) is -0.672. The molecule has 0 heterocycles. The van der Waals surface area contributed by atoms with Crippen molar-refractivity contribution in [2.75, 3.05) is 26.3 Å². The smallest absolute Gasteiger partial charge is 0.326 e. The largest absolute Gasteiger partial charge is 0.480 e. The summed E-state index contributed by atoms with van der Waals surface area (Å²) < 4.78 is 0. The first-order chi connectivity index (χ1) is 30.8. The lowest BCUT2D eigenvalue weighted by atomic mass is 10.00. The third kappa shape index (κ3) is 23.8. The van der Waals surface area contributed by atoms with E-state index in [9.17, 15) is 68.1 Å². The fraction of sp³-hybridized carbons (Fsp3) is 0.725. The van der Waals surface area contributed by atoms with Crippen molar-refractivity contribution < 1.29 is 68.1 Å². The van der Waals surface area contributed by atoms with E-state index in [0.717, 1.165) is 0 Å². The fourth-order valence-electron chi connectivity index (χ4n) is 6.08. The van der Waals surface area contributed by atoms with Gasteiger partial charge in [0.1, 0.15) is 48.3 Å². The molecule has 10 amide bonds. The molecule has 376 valence electrons. The van der Waals surface area contributed by atoms with Crippen LogP contribution < -0.4 is 65.5 Å². The molecule has 19 N–H and O–H groups in total. The second kappa shape index (κ2) is 31.0. The van der Waals surface area contributed by atoms with Crippen LogP contribution in [-0.2, 0) is 52.7 Å². The van der Waals surface area contributed by atoms with Gasteiger partial charge in [-0.15, -0.1) is 0 Å². The number of nitrogens with one attached hydrogen (secondary N) is 8. The highest BCUT2D eigenvalue weighted by Gasteiger charge is 2.35. The first-order valence-electron chi connectivity index (χ1n) is 21.6. The lowest BCUT2D eigenvalue weighted by Gasteiger charge is -2.29. The Kier molecular flexibility index (Phi) is 28.2. The van der Waals surface area contributed by atoms with Crippen LogP contribution in [0.25, 0.3) is 0 Å². The number of carbonyl (C=O) groups excluding carboxylic acids is 10. The van der Waals surface area contributed by atoms with Crippen molar-refractivity contribution in [2.45, 2.75) is 141 Å². The monoisotopic (exact) mass is 945 g/mol. The zero-order chi connectivity index (χ0) is 50.8. The predicted octanol–water partition coefficient (Wildman–Crippen LogP) is -6.09. The van der Waals surface area contributed by atoms with Crippen LogP contribution in [0.2, 0.25) is 0 Å². The number of nitrogens with two attached hydrogens (primary N) is 4. The number of aliphatic carboxylic acids is 1. The predicted molar refractivity (Wildman–Crippen MR) is 235 cm³/mol. The minimum Gasteiger partial charge on any atom is -0.480 e. The maximum Gasteiger partial charge on any atom is 0.326 e. The quantitative estimate of drug-likeness (QED) is 0.0272. The third-order valence-corrected chi connectivity index (χ3v) is 9.63. The molecule has 0 radical (unpaired) electrons. The number of hydrogen-bond acceptors (Lipinski definition) is 15. The number of amides is 10. The number of aliphatic hydroxyl groups excluding tert-OH is 2. The second-order valence-corrected chi connectivity index (χ2v) is 16.9. The van der Waals surface area contributed by atoms with Crippen molar-refractivity contribution in [1.29, 1.82) is 0 Å². The molecule has 0 saturated carbocycles. The van der Waals surface area contributed by atoms with Crippen LogP contribution in [0.4, 0.5) is 0 Å². The third-order valence-electron chi connectivity index (χ3n) is 9.63. The van der Waals surface area contributed by atoms with E-state index in [1.807, 2.05) is 0 Å². The summed E-state index contributed by atoms with van der Waals surface area (Å²) in [4.78, 5) is 141. The number of carboxylic acids is 1. The summed E-state index contributed by atoms with van der Waals surface area (Å²) in [6, 6.07) is -11.6. The molecule has 0 rings (SSSR count). The summed E-state index contributed by atoms with van der Waals surface area (Å²) in [5.74, 6) is -12.0. The fourth-order valence-corrected chi connectivity index (χ4v) is 6.08. The summed E-state index contributed by atoms with van der Waals surface area (Å²) in [6.45, 7) is 7.79. The molecule has 66 heavy (non-hydrogen) atoms. The van der Waals surface area contributed by atoms with Crippen molar-refractivity contribution in [3.63, 3.8) is 0 Å². The minimum absolute atomic E-state index is 0.0538. The van der Waals surface area contributed by atoms with Crippen LogP contribution in [0.1, 0.15) is 92.9 Å². The molecule has 0 aromatic carbocycles. The first kappa shape index (κ1) is 60.0. The van der Waals surface area contributed by atoms with Crippen LogP contribution in [0.15, 0.2) is 0 Å². The standard InChI is InChI=1S/C40H72N12O14/c1-19(2)13-25(37(62)50-26(15-30(44)56)34(59)45-16-31(57)46-27(40(65)66)14-20(3)4)49-36(61)24(10-11-29(43)55)48-39(64)32(21(5)6)52-38(63)28(18-54)51-35(60)23(9-7-8-12-41)47-33(58)22(42)17-53/h19-28,32,53-54H,7-18,41-42H2,1-6H3,(H2,43,55)(H2,44,56)(H,45,59)(H,46,57)(H,47,58)(H,48,64)(H,49,61)(H,50,62)(H,51,60)(H,52,63)(H,65,66)/t22-,23-,24-,25-,26-,27-,28-,32-/m0/s1. The van der Waals surface area contributed by atoms with Crippen molar-refractivity contribution in [3.8, 4) is 0 Å². The van der Waals surface area contributed by atoms with E-state index in [0.29, 0.717) is 12.8 Å². The van der Waals surface area contributed by atoms with E-state index >= 15 is 0 Å². The number of primary amides is 2. The average Bonchev–Trinajstić information content (AvgIpc) is 3.22. The van der Waals surface area contributed by atoms with E-state index in [2.05, 4.69) is 42.5 Å². The Balaban J connectivity index is 6.28. The average molecular weight is 945 g/mol. The normalized spacial score (nSPS) is 14.8. The Hall–Kier alpha value is -5.99. The highest BCUT2D eigenvalue weighted by Crippen LogP contribution is 2.11. The summed E-state index contributed by atoms with van der Waals surface area (Å²) in [7, 11) is 0. The number of carboxylic acid groups (broad SMARTS) is 1. The summed E-state index contributed by atoms with van der Waals surface area (Å²) in [5, 5.41) is 47.6. The molecule has 0 aromatic heterocycles. The molecular formula is C40H72N12O14. The Labute approximate surface area is 383 Å². The van der Waals surface area contributed by atoms with E-state index in [4.69, 9.17) is 22.9 Å². The van der Waals surface area contributed by atoms with Crippen molar-refractivity contribution >= 4 is 65.0 Å². The van der Waals surface area contributed by atoms with Gasteiger partial charge >= 0.3 is 5.97 Å². The number of hydrogen-bond donors (Lipinski definition) is 15. The second-order valence-electron chi connectivity index (χ2n) is 16.9. The highest BCUT2D eigenvalue weighted by atomic mass is 16.4. The number of rotatable bonds is 33. The van der Waals surface area contributed by atoms with Gasteiger partial charge < -0.3 is 80.8 Å². The first-order valence-corrected chi connectivity index (χ1v) is 21.6. The molecule has 0 aliphatic heterocycles. The zero-order valence-electron chi connectivity index (χ0n) is 38.5. The Morgan fingerprint density at radius 2 is 1.00 bits per heavy atom. The minimum atomic E-state index is -1.67. The molecular weight excluding hydrogens is 873 g/mol. The van der Waals surface area contributed by atoms with Crippen molar-refractivity contribution in [1.82, 2.24) is 42.5 Å². The van der Waals surface area contributed by atoms with Crippen molar-refractivity contribution in [2.24, 2.45) is 40.7 Å². The lowest BCUT2D eigenvalue weighted by Crippen LogP contribution is -2.61. The molecule has 26 heteroatoms. The summed E-state index contributed by atoms with van der Waals surface area (Å²) in [5.41, 5.74) is 21.8. The van der Waals surface area contributed by atoms with Gasteiger partial charge in [0.05, 0.1) is 26.2 Å². The van der Waals surface area contributed by atoms with Gasteiger partial charge in [0.2, 0.25) is 59.1 Å². The molecule has 0 fully saturated rings. The number of unbranched alkanes of at least 4 members (excludes halogenated alkanes) is 1. The molecule has 0 aliphatic carbocycles. The summed E-state index contributed by atoms with van der Waals surface area (Å²) >= 11 is 0. The van der Waals surface area contributed by atoms with Gasteiger partial charge in [0.25, 0.3) is 0 Å².